The monoisotopic (exact) mass is 575 g/mol. The fourth-order valence-corrected chi connectivity index (χ4v) is 5.35. The van der Waals surface area contributed by atoms with E-state index in [9.17, 15) is 22.0 Å². The molecule has 1 atom stereocenters. The van der Waals surface area contributed by atoms with Gasteiger partial charge in [0.1, 0.15) is 18.2 Å². The predicted octanol–water partition coefficient (Wildman–Crippen LogP) is 4.74. The maximum absolute atomic E-state index is 14.1. The molecule has 8 nitrogen and oxygen atoms in total. The van der Waals surface area contributed by atoms with Gasteiger partial charge in [-0.05, 0) is 85.0 Å². The lowest BCUT2D eigenvalue weighted by Crippen LogP contribution is -2.33. The first-order chi connectivity index (χ1) is 19.5. The number of benzene rings is 3. The van der Waals surface area contributed by atoms with Crippen LogP contribution in [0.2, 0.25) is 0 Å². The Hall–Kier alpha value is -4.48. The second-order valence-corrected chi connectivity index (χ2v) is 11.5. The van der Waals surface area contributed by atoms with Crippen molar-refractivity contribution >= 4 is 27.0 Å². The molecule has 3 N–H and O–H groups in total. The van der Waals surface area contributed by atoms with Crippen LogP contribution in [0.5, 0.6) is 0 Å². The first kappa shape index (κ1) is 28.1. The molecule has 0 saturated heterocycles. The number of halogens is 2. The minimum atomic E-state index is -3.98. The molecule has 0 saturated carbocycles. The van der Waals surface area contributed by atoms with E-state index in [4.69, 9.17) is 5.14 Å². The summed E-state index contributed by atoms with van der Waals surface area (Å²) in [4.78, 5) is 22.2. The summed E-state index contributed by atoms with van der Waals surface area (Å²) >= 11 is 0. The van der Waals surface area contributed by atoms with Crippen LogP contribution >= 0.6 is 0 Å². The van der Waals surface area contributed by atoms with Crippen molar-refractivity contribution in [3.63, 3.8) is 0 Å². The zero-order valence-corrected chi connectivity index (χ0v) is 23.1. The van der Waals surface area contributed by atoms with Gasteiger partial charge in [-0.3, -0.25) is 9.78 Å². The molecule has 3 aromatic carbocycles. The van der Waals surface area contributed by atoms with Gasteiger partial charge >= 0.3 is 0 Å². The van der Waals surface area contributed by atoms with E-state index in [0.717, 1.165) is 28.2 Å². The number of carbonyl (C=O) groups is 1. The summed E-state index contributed by atoms with van der Waals surface area (Å²) in [6, 6.07) is 15.7. The standard InChI is InChI=1S/C30H27F2N5O3S/c1-18-9-26-28(10-19(18)2)37(17-35-26)16-29(38)36-27(13-20-11-22(31)15-23(32)12-20)30-25(7-4-8-34-30)21-5-3-6-24(14-21)41(33,39)40/h3-12,14-15,17,27H,13,16H2,1-2H3,(H,36,38)(H2,33,39,40). The fourth-order valence-electron chi connectivity index (χ4n) is 4.79. The Balaban J connectivity index is 1.53. The van der Waals surface area contributed by atoms with Crippen LogP contribution in [0, 0.1) is 25.5 Å². The number of pyridine rings is 1. The van der Waals surface area contributed by atoms with Crippen molar-refractivity contribution in [1.29, 1.82) is 0 Å². The Bertz CT molecular complexity index is 1870. The highest BCUT2D eigenvalue weighted by atomic mass is 32.2. The van der Waals surface area contributed by atoms with E-state index in [0.29, 0.717) is 22.4 Å². The molecule has 11 heteroatoms. The SMILES string of the molecule is Cc1cc2ncn(CC(=O)NC(Cc3cc(F)cc(F)c3)c3ncccc3-c3cccc(S(N)(=O)=O)c3)c2cc1C. The second kappa shape index (κ2) is 11.2. The topological polar surface area (TPSA) is 120 Å². The number of sulfonamides is 1. The van der Waals surface area contributed by atoms with Crippen LogP contribution in [0.25, 0.3) is 22.2 Å². The van der Waals surface area contributed by atoms with E-state index in [1.165, 1.54) is 30.5 Å². The Kier molecular flexibility index (Phi) is 7.65. The zero-order chi connectivity index (χ0) is 29.3. The Morgan fingerprint density at radius 2 is 1.71 bits per heavy atom. The van der Waals surface area contributed by atoms with Crippen molar-refractivity contribution in [2.75, 3.05) is 0 Å². The van der Waals surface area contributed by atoms with E-state index in [1.807, 2.05) is 26.0 Å². The maximum Gasteiger partial charge on any atom is 0.240 e. The van der Waals surface area contributed by atoms with Gasteiger partial charge in [0.2, 0.25) is 15.9 Å². The summed E-state index contributed by atoms with van der Waals surface area (Å²) in [7, 11) is -3.98. The fraction of sp³-hybridized carbons (Fsp3) is 0.167. The largest absolute Gasteiger partial charge is 0.346 e. The summed E-state index contributed by atoms with van der Waals surface area (Å²) in [6.07, 6.45) is 3.13. The van der Waals surface area contributed by atoms with Gasteiger partial charge in [0, 0.05) is 17.8 Å². The summed E-state index contributed by atoms with van der Waals surface area (Å²) in [5.41, 5.74) is 5.42. The van der Waals surface area contributed by atoms with Crippen LogP contribution in [0.1, 0.15) is 28.4 Å². The minimum absolute atomic E-state index is 0.0162. The normalized spacial score (nSPS) is 12.4. The van der Waals surface area contributed by atoms with Crippen LogP contribution in [-0.2, 0) is 27.8 Å². The Morgan fingerprint density at radius 3 is 2.44 bits per heavy atom. The van der Waals surface area contributed by atoms with Crippen LogP contribution in [0.15, 0.2) is 84.1 Å². The summed E-state index contributed by atoms with van der Waals surface area (Å²) in [6.45, 7) is 3.91. The molecule has 0 spiro atoms. The smallest absolute Gasteiger partial charge is 0.240 e. The molecule has 5 rings (SSSR count). The first-order valence-electron chi connectivity index (χ1n) is 12.7. The summed E-state index contributed by atoms with van der Waals surface area (Å²) in [5, 5.41) is 8.31. The second-order valence-electron chi connectivity index (χ2n) is 9.91. The van der Waals surface area contributed by atoms with Crippen molar-refractivity contribution in [1.82, 2.24) is 19.9 Å². The highest BCUT2D eigenvalue weighted by molar-refractivity contribution is 7.89. The third-order valence-corrected chi connectivity index (χ3v) is 7.80. The number of primary sulfonamides is 1. The Morgan fingerprint density at radius 1 is 0.976 bits per heavy atom. The lowest BCUT2D eigenvalue weighted by molar-refractivity contribution is -0.122. The molecule has 5 aromatic rings. The average Bonchev–Trinajstić information content (AvgIpc) is 3.28. The average molecular weight is 576 g/mol. The van der Waals surface area contributed by atoms with Crippen molar-refractivity contribution in [2.24, 2.45) is 5.14 Å². The van der Waals surface area contributed by atoms with Crippen LogP contribution < -0.4 is 10.5 Å². The Labute approximate surface area is 235 Å². The number of aryl methyl sites for hydroxylation is 2. The van der Waals surface area contributed by atoms with Gasteiger partial charge in [-0.25, -0.2) is 27.3 Å². The number of fused-ring (bicyclic) bond motifs is 1. The maximum atomic E-state index is 14.1. The molecule has 2 aromatic heterocycles. The number of hydrogen-bond donors (Lipinski definition) is 2. The first-order valence-corrected chi connectivity index (χ1v) is 14.3. The molecule has 0 bridgehead atoms. The van der Waals surface area contributed by atoms with Crippen molar-refractivity contribution < 1.29 is 22.0 Å². The molecule has 0 aliphatic heterocycles. The zero-order valence-electron chi connectivity index (χ0n) is 22.3. The van der Waals surface area contributed by atoms with Crippen LogP contribution in [0.4, 0.5) is 8.78 Å². The minimum Gasteiger partial charge on any atom is -0.346 e. The molecular weight excluding hydrogens is 548 g/mol. The molecule has 1 unspecified atom stereocenters. The lowest BCUT2D eigenvalue weighted by atomic mass is 9.95. The van der Waals surface area contributed by atoms with Gasteiger partial charge < -0.3 is 9.88 Å². The van der Waals surface area contributed by atoms with Gasteiger partial charge in [-0.2, -0.15) is 0 Å². The quantitative estimate of drug-likeness (QED) is 0.277. The van der Waals surface area contributed by atoms with Crippen molar-refractivity contribution in [3.8, 4) is 11.1 Å². The predicted molar refractivity (Wildman–Crippen MR) is 151 cm³/mol. The van der Waals surface area contributed by atoms with Crippen LogP contribution in [0.3, 0.4) is 0 Å². The number of aromatic nitrogens is 3. The van der Waals surface area contributed by atoms with E-state index in [1.54, 1.807) is 35.2 Å². The molecule has 1 amide bonds. The number of rotatable bonds is 8. The van der Waals surface area contributed by atoms with Crippen molar-refractivity contribution in [2.45, 2.75) is 37.8 Å². The molecular formula is C30H27F2N5O3S. The molecule has 0 aliphatic rings. The number of nitrogens with one attached hydrogen (secondary N) is 1. The number of hydrogen-bond acceptors (Lipinski definition) is 5. The molecule has 0 aliphatic carbocycles. The molecule has 2 heterocycles. The number of nitrogens with two attached hydrogens (primary N) is 1. The van der Waals surface area contributed by atoms with E-state index in [2.05, 4.69) is 15.3 Å². The molecule has 0 radical (unpaired) electrons. The van der Waals surface area contributed by atoms with Gasteiger partial charge in [0.05, 0.1) is 34.0 Å². The number of amides is 1. The third kappa shape index (κ3) is 6.31. The number of carbonyl (C=O) groups excluding carboxylic acids is 1. The van der Waals surface area contributed by atoms with E-state index >= 15 is 0 Å². The summed E-state index contributed by atoms with van der Waals surface area (Å²) < 4.78 is 53.9. The summed E-state index contributed by atoms with van der Waals surface area (Å²) in [5.74, 6) is -1.87. The number of nitrogens with zero attached hydrogens (tertiary/aromatic N) is 3. The van der Waals surface area contributed by atoms with E-state index < -0.39 is 27.7 Å². The molecule has 41 heavy (non-hydrogen) atoms. The van der Waals surface area contributed by atoms with Crippen molar-refractivity contribution in [3.05, 3.63) is 113 Å². The van der Waals surface area contributed by atoms with Gasteiger partial charge in [0.15, 0.2) is 0 Å². The molecule has 210 valence electrons. The number of imidazole rings is 1. The third-order valence-electron chi connectivity index (χ3n) is 6.89. The van der Waals surface area contributed by atoms with Gasteiger partial charge in [-0.1, -0.05) is 18.2 Å². The molecule has 0 fully saturated rings. The van der Waals surface area contributed by atoms with E-state index in [-0.39, 0.29) is 23.8 Å². The van der Waals surface area contributed by atoms with Crippen LogP contribution in [-0.4, -0.2) is 28.9 Å². The van der Waals surface area contributed by atoms with Gasteiger partial charge in [-0.15, -0.1) is 0 Å². The van der Waals surface area contributed by atoms with Gasteiger partial charge in [0.25, 0.3) is 0 Å². The lowest BCUT2D eigenvalue weighted by Gasteiger charge is -2.22. The highest BCUT2D eigenvalue weighted by Gasteiger charge is 2.23. The highest BCUT2D eigenvalue weighted by Crippen LogP contribution is 2.30.